The van der Waals surface area contributed by atoms with Crippen LogP contribution in [0.1, 0.15) is 33.3 Å². The number of fused-ring (bicyclic) bond motifs is 1. The number of Topliss-reactive ketones (excluding diaryl/α,β-unsaturated/α-hetero) is 1. The van der Waals surface area contributed by atoms with Crippen LogP contribution in [-0.4, -0.2) is 21.8 Å². The predicted molar refractivity (Wildman–Crippen MR) is 118 cm³/mol. The van der Waals surface area contributed by atoms with E-state index in [0.717, 1.165) is 15.8 Å². The molecule has 1 amide bonds. The molecule has 3 heterocycles. The Morgan fingerprint density at radius 2 is 1.97 bits per heavy atom. The zero-order chi connectivity index (χ0) is 22.6. The summed E-state index contributed by atoms with van der Waals surface area (Å²) in [4.78, 5) is 32.2. The molecule has 0 spiro atoms. The Bertz CT molecular complexity index is 1420. The van der Waals surface area contributed by atoms with Gasteiger partial charge in [-0.05, 0) is 49.2 Å². The van der Waals surface area contributed by atoms with Gasteiger partial charge in [0.1, 0.15) is 11.9 Å². The maximum absolute atomic E-state index is 14.9. The summed E-state index contributed by atoms with van der Waals surface area (Å²) >= 11 is 1.24. The van der Waals surface area contributed by atoms with Crippen LogP contribution in [0.2, 0.25) is 0 Å². The van der Waals surface area contributed by atoms with E-state index >= 15 is 0 Å². The van der Waals surface area contributed by atoms with E-state index in [2.05, 4.69) is 4.98 Å². The highest BCUT2D eigenvalue weighted by molar-refractivity contribution is 7.22. The number of anilines is 1. The van der Waals surface area contributed by atoms with Crippen molar-refractivity contribution in [1.29, 1.82) is 0 Å². The Morgan fingerprint density at radius 3 is 2.69 bits per heavy atom. The first-order valence-corrected chi connectivity index (χ1v) is 10.7. The van der Waals surface area contributed by atoms with Gasteiger partial charge in [-0.1, -0.05) is 35.6 Å². The van der Waals surface area contributed by atoms with Gasteiger partial charge in [-0.15, -0.1) is 0 Å². The van der Waals surface area contributed by atoms with Crippen molar-refractivity contribution in [3.63, 3.8) is 0 Å². The normalized spacial score (nSPS) is 16.4. The van der Waals surface area contributed by atoms with Crippen molar-refractivity contribution in [1.82, 2.24) is 4.98 Å². The molecule has 5 rings (SSSR count). The SMILES string of the molecule is Cc1cc(C)c2nc(N3C(=O)C(O)=C(C(=O)c4ccco4)[C@H]3c3ccccc3F)sc2c1. The van der Waals surface area contributed by atoms with Gasteiger partial charge in [-0.3, -0.25) is 14.5 Å². The van der Waals surface area contributed by atoms with E-state index in [1.807, 2.05) is 26.0 Å². The summed E-state index contributed by atoms with van der Waals surface area (Å²) in [6, 6.07) is 11.5. The molecule has 160 valence electrons. The average molecular weight is 448 g/mol. The molecule has 32 heavy (non-hydrogen) atoms. The molecule has 0 saturated carbocycles. The van der Waals surface area contributed by atoms with E-state index in [9.17, 15) is 19.1 Å². The molecule has 1 N–H and O–H groups in total. The fourth-order valence-corrected chi connectivity index (χ4v) is 5.20. The van der Waals surface area contributed by atoms with Gasteiger partial charge in [-0.25, -0.2) is 9.37 Å². The number of hydrogen-bond donors (Lipinski definition) is 1. The number of ketones is 1. The number of nitrogens with zero attached hydrogens (tertiary/aromatic N) is 2. The molecular weight excluding hydrogens is 431 g/mol. The highest BCUT2D eigenvalue weighted by Gasteiger charge is 2.47. The van der Waals surface area contributed by atoms with Crippen molar-refractivity contribution in [2.24, 2.45) is 0 Å². The smallest absolute Gasteiger partial charge is 0.296 e. The minimum Gasteiger partial charge on any atom is -0.503 e. The summed E-state index contributed by atoms with van der Waals surface area (Å²) in [6.45, 7) is 3.88. The average Bonchev–Trinajstić information content (AvgIpc) is 3.47. The lowest BCUT2D eigenvalue weighted by Crippen LogP contribution is -2.31. The third kappa shape index (κ3) is 3.03. The van der Waals surface area contributed by atoms with Crippen LogP contribution in [0.4, 0.5) is 9.52 Å². The zero-order valence-electron chi connectivity index (χ0n) is 17.1. The van der Waals surface area contributed by atoms with Crippen LogP contribution in [0.3, 0.4) is 0 Å². The molecule has 0 fully saturated rings. The van der Waals surface area contributed by atoms with Gasteiger partial charge in [0.25, 0.3) is 5.91 Å². The van der Waals surface area contributed by atoms with Crippen LogP contribution in [-0.2, 0) is 4.79 Å². The molecule has 2 aromatic carbocycles. The maximum Gasteiger partial charge on any atom is 0.296 e. The minimum atomic E-state index is -1.19. The van der Waals surface area contributed by atoms with E-state index in [0.29, 0.717) is 5.52 Å². The highest BCUT2D eigenvalue weighted by atomic mass is 32.1. The molecule has 6 nitrogen and oxygen atoms in total. The third-order valence-corrected chi connectivity index (χ3v) is 6.42. The van der Waals surface area contributed by atoms with Crippen LogP contribution in [0.5, 0.6) is 0 Å². The van der Waals surface area contributed by atoms with Crippen LogP contribution < -0.4 is 4.90 Å². The summed E-state index contributed by atoms with van der Waals surface area (Å²) in [6.07, 6.45) is 1.32. The van der Waals surface area contributed by atoms with Crippen molar-refractivity contribution >= 4 is 38.4 Å². The lowest BCUT2D eigenvalue weighted by atomic mass is 9.95. The highest BCUT2D eigenvalue weighted by Crippen LogP contribution is 2.45. The molecule has 2 aromatic heterocycles. The van der Waals surface area contributed by atoms with Crippen LogP contribution in [0, 0.1) is 19.7 Å². The molecule has 0 bridgehead atoms. The number of furan rings is 1. The number of carbonyl (C=O) groups excluding carboxylic acids is 2. The number of hydrogen-bond acceptors (Lipinski definition) is 6. The lowest BCUT2D eigenvalue weighted by molar-refractivity contribution is -0.117. The van der Waals surface area contributed by atoms with Crippen LogP contribution in [0.25, 0.3) is 10.2 Å². The molecule has 1 aliphatic rings. The molecule has 1 atom stereocenters. The van der Waals surface area contributed by atoms with Crippen molar-refractivity contribution < 1.29 is 23.5 Å². The molecule has 0 aliphatic carbocycles. The molecule has 4 aromatic rings. The number of carbonyl (C=O) groups is 2. The molecule has 8 heteroatoms. The lowest BCUT2D eigenvalue weighted by Gasteiger charge is -2.24. The fraction of sp³-hybridized carbons (Fsp3) is 0.125. The van der Waals surface area contributed by atoms with Crippen molar-refractivity contribution in [3.8, 4) is 0 Å². The first-order chi connectivity index (χ1) is 15.4. The molecule has 0 unspecified atom stereocenters. The van der Waals surface area contributed by atoms with Gasteiger partial charge in [-0.2, -0.15) is 0 Å². The van der Waals surface area contributed by atoms with Gasteiger partial charge in [0.2, 0.25) is 5.78 Å². The number of aryl methyl sites for hydroxylation is 2. The number of aromatic nitrogens is 1. The number of thiazole rings is 1. The summed E-state index contributed by atoms with van der Waals surface area (Å²) in [5.41, 5.74) is 2.51. The second-order valence-electron chi connectivity index (χ2n) is 7.59. The van der Waals surface area contributed by atoms with Gasteiger partial charge in [0.05, 0.1) is 22.1 Å². The van der Waals surface area contributed by atoms with Crippen molar-refractivity contribution in [3.05, 3.63) is 94.4 Å². The Labute approximate surface area is 186 Å². The van der Waals surface area contributed by atoms with Gasteiger partial charge in [0.15, 0.2) is 16.7 Å². The second kappa shape index (κ2) is 7.42. The molecular formula is C24H17FN2O4S. The van der Waals surface area contributed by atoms with Crippen molar-refractivity contribution in [2.45, 2.75) is 19.9 Å². The van der Waals surface area contributed by atoms with Gasteiger partial charge in [0, 0.05) is 5.56 Å². The largest absolute Gasteiger partial charge is 0.503 e. The van der Waals surface area contributed by atoms with E-state index in [-0.39, 0.29) is 22.0 Å². The number of amides is 1. The van der Waals surface area contributed by atoms with Crippen LogP contribution in [0.15, 0.2) is 70.5 Å². The first-order valence-electron chi connectivity index (χ1n) is 9.84. The van der Waals surface area contributed by atoms with E-state index in [1.54, 1.807) is 6.07 Å². The van der Waals surface area contributed by atoms with E-state index in [4.69, 9.17) is 4.42 Å². The van der Waals surface area contributed by atoms with E-state index in [1.165, 1.54) is 52.8 Å². The monoisotopic (exact) mass is 448 g/mol. The number of aliphatic hydroxyl groups is 1. The zero-order valence-corrected chi connectivity index (χ0v) is 17.9. The van der Waals surface area contributed by atoms with Gasteiger partial charge < -0.3 is 9.52 Å². The van der Waals surface area contributed by atoms with Gasteiger partial charge >= 0.3 is 0 Å². The standard InChI is InChI=1S/C24H17FN2O4S/c1-12-10-13(2)19-17(11-12)32-24(26-19)27-20(14-6-3-4-7-15(14)25)18(22(29)23(27)30)21(28)16-8-5-9-31-16/h3-11,20,29H,1-2H3/t20-/m1/s1. The number of aliphatic hydroxyl groups excluding tert-OH is 1. The molecule has 1 aliphatic heterocycles. The fourth-order valence-electron chi connectivity index (χ4n) is 4.03. The summed E-state index contributed by atoms with van der Waals surface area (Å²) in [7, 11) is 0. The second-order valence-corrected chi connectivity index (χ2v) is 8.60. The molecule has 0 radical (unpaired) electrons. The number of rotatable bonds is 4. The minimum absolute atomic E-state index is 0.0571. The third-order valence-electron chi connectivity index (χ3n) is 5.42. The number of benzene rings is 2. The topological polar surface area (TPSA) is 83.6 Å². The molecule has 0 saturated heterocycles. The Morgan fingerprint density at radius 1 is 1.19 bits per heavy atom. The quantitative estimate of drug-likeness (QED) is 0.421. The maximum atomic E-state index is 14.9. The Hall–Kier alpha value is -3.78. The van der Waals surface area contributed by atoms with Crippen molar-refractivity contribution in [2.75, 3.05) is 4.90 Å². The predicted octanol–water partition coefficient (Wildman–Crippen LogP) is 5.43. The summed E-state index contributed by atoms with van der Waals surface area (Å²) < 4.78 is 20.9. The number of halogens is 1. The summed E-state index contributed by atoms with van der Waals surface area (Å²) in [5.74, 6) is -2.92. The summed E-state index contributed by atoms with van der Waals surface area (Å²) in [5, 5.41) is 11.0. The Balaban J connectivity index is 1.72. The van der Waals surface area contributed by atoms with E-state index < -0.39 is 29.3 Å². The first kappa shape index (κ1) is 20.1. The Kier molecular flexibility index (Phi) is 4.67. The van der Waals surface area contributed by atoms with Crippen LogP contribution >= 0.6 is 11.3 Å².